The van der Waals surface area contributed by atoms with Crippen LogP contribution in [0.5, 0.6) is 23.0 Å². The minimum atomic E-state index is -0.529. The zero-order valence-electron chi connectivity index (χ0n) is 21.3. The van der Waals surface area contributed by atoms with Crippen molar-refractivity contribution in [3.63, 3.8) is 0 Å². The number of anilines is 1. The predicted molar refractivity (Wildman–Crippen MR) is 135 cm³/mol. The number of Topliss-reactive ketones (excluding diaryl/α,β-unsaturated/α-hetero) is 1. The van der Waals surface area contributed by atoms with Gasteiger partial charge < -0.3 is 24.3 Å². The Balaban J connectivity index is 1.72. The number of carbonyl (C=O) groups excluding carboxylic acids is 1. The van der Waals surface area contributed by atoms with Gasteiger partial charge in [0.2, 0.25) is 5.95 Å². The Kier molecular flexibility index (Phi) is 5.86. The summed E-state index contributed by atoms with van der Waals surface area (Å²) in [6.07, 6.45) is 1.16. The second-order valence-electron chi connectivity index (χ2n) is 9.75. The van der Waals surface area contributed by atoms with Crippen LogP contribution in [0, 0.1) is 5.41 Å². The molecule has 0 bridgehead atoms. The molecule has 9 nitrogen and oxygen atoms in total. The molecule has 188 valence electrons. The van der Waals surface area contributed by atoms with Crippen molar-refractivity contribution in [2.24, 2.45) is 5.41 Å². The van der Waals surface area contributed by atoms with Crippen molar-refractivity contribution >= 4 is 11.7 Å². The van der Waals surface area contributed by atoms with Crippen LogP contribution in [0.4, 0.5) is 5.95 Å². The van der Waals surface area contributed by atoms with Crippen LogP contribution in [0.25, 0.3) is 11.4 Å². The van der Waals surface area contributed by atoms with Gasteiger partial charge in [-0.05, 0) is 30.0 Å². The van der Waals surface area contributed by atoms with E-state index in [1.54, 1.807) is 39.2 Å². The van der Waals surface area contributed by atoms with Gasteiger partial charge in [-0.2, -0.15) is 4.98 Å². The lowest BCUT2D eigenvalue weighted by Gasteiger charge is -2.38. The monoisotopic (exact) mass is 490 g/mol. The molecule has 5 rings (SSSR count). The molecule has 9 heteroatoms. The third-order valence-corrected chi connectivity index (χ3v) is 6.67. The molecule has 1 N–H and O–H groups in total. The molecule has 0 unspecified atom stereocenters. The molecular formula is C27H30N4O5. The number of carbonyl (C=O) groups is 1. The molecule has 2 aromatic carbocycles. The summed E-state index contributed by atoms with van der Waals surface area (Å²) in [7, 11) is 6.39. The van der Waals surface area contributed by atoms with Gasteiger partial charge in [-0.3, -0.25) is 4.79 Å². The fourth-order valence-corrected chi connectivity index (χ4v) is 5.08. The number of hydrogen-bond donors (Lipinski definition) is 1. The van der Waals surface area contributed by atoms with Crippen molar-refractivity contribution < 1.29 is 23.7 Å². The lowest BCUT2D eigenvalue weighted by molar-refractivity contribution is -0.118. The van der Waals surface area contributed by atoms with E-state index in [1.165, 1.54) is 0 Å². The number of hydrogen-bond acceptors (Lipinski definition) is 8. The summed E-state index contributed by atoms with van der Waals surface area (Å²) in [5, 5.41) is 8.28. The van der Waals surface area contributed by atoms with E-state index in [0.717, 1.165) is 16.8 Å². The topological polar surface area (TPSA) is 96.7 Å². The number of rotatable bonds is 6. The number of ether oxygens (including phenoxy) is 4. The van der Waals surface area contributed by atoms with Crippen molar-refractivity contribution in [1.82, 2.24) is 14.8 Å². The molecular weight excluding hydrogens is 460 g/mol. The van der Waals surface area contributed by atoms with Crippen LogP contribution in [0.15, 0.2) is 47.7 Å². The standard InChI is InChI=1S/C27H30N4O5/c1-27(2)13-19-22(20(32)14-27)23(18-8-7-9-21(35-5)24(18)36-6)31-26(28-19)29-25(30-31)15-10-16(33-3)12-17(11-15)34-4/h7-12,23H,13-14H2,1-6H3,(H,28,29,30)/t23-/m1/s1. The van der Waals surface area contributed by atoms with Gasteiger partial charge in [0.05, 0.1) is 28.4 Å². The highest BCUT2D eigenvalue weighted by molar-refractivity contribution is 6.00. The van der Waals surface area contributed by atoms with E-state index in [4.69, 9.17) is 29.0 Å². The van der Waals surface area contributed by atoms with E-state index < -0.39 is 6.04 Å². The van der Waals surface area contributed by atoms with Gasteiger partial charge in [-0.25, -0.2) is 4.68 Å². The van der Waals surface area contributed by atoms with Crippen LogP contribution >= 0.6 is 0 Å². The highest BCUT2D eigenvalue weighted by Crippen LogP contribution is 2.48. The fraction of sp³-hybridized carbons (Fsp3) is 0.370. The maximum absolute atomic E-state index is 13.6. The summed E-state index contributed by atoms with van der Waals surface area (Å²) in [5.74, 6) is 3.51. The summed E-state index contributed by atoms with van der Waals surface area (Å²) in [4.78, 5) is 18.4. The number of benzene rings is 2. The lowest BCUT2D eigenvalue weighted by atomic mass is 9.73. The number of aromatic nitrogens is 3. The van der Waals surface area contributed by atoms with Crippen molar-refractivity contribution in [2.45, 2.75) is 32.7 Å². The van der Waals surface area contributed by atoms with E-state index in [1.807, 2.05) is 30.3 Å². The first-order chi connectivity index (χ1) is 17.3. The third kappa shape index (κ3) is 3.94. The zero-order chi connectivity index (χ0) is 25.6. The van der Waals surface area contributed by atoms with E-state index in [2.05, 4.69) is 19.2 Å². The number of nitrogens with zero attached hydrogens (tertiary/aromatic N) is 3. The van der Waals surface area contributed by atoms with E-state index >= 15 is 0 Å². The average Bonchev–Trinajstić information content (AvgIpc) is 3.29. The summed E-state index contributed by atoms with van der Waals surface area (Å²) in [6, 6.07) is 10.6. The Labute approximate surface area is 210 Å². The minimum Gasteiger partial charge on any atom is -0.497 e. The second-order valence-corrected chi connectivity index (χ2v) is 9.75. The quantitative estimate of drug-likeness (QED) is 0.534. The molecule has 1 aliphatic carbocycles. The number of para-hydroxylation sites is 1. The number of fused-ring (bicyclic) bond motifs is 1. The highest BCUT2D eigenvalue weighted by atomic mass is 16.5. The molecule has 36 heavy (non-hydrogen) atoms. The molecule has 0 fully saturated rings. The Bertz CT molecular complexity index is 1350. The normalized spacial score (nSPS) is 18.2. The number of ketones is 1. The lowest BCUT2D eigenvalue weighted by Crippen LogP contribution is -2.36. The van der Waals surface area contributed by atoms with Crippen LogP contribution in [0.2, 0.25) is 0 Å². The molecule has 2 heterocycles. The van der Waals surface area contributed by atoms with Crippen molar-refractivity contribution in [1.29, 1.82) is 0 Å². The number of methoxy groups -OCH3 is 4. The van der Waals surface area contributed by atoms with Crippen LogP contribution in [-0.2, 0) is 4.79 Å². The van der Waals surface area contributed by atoms with Crippen LogP contribution < -0.4 is 24.3 Å². The van der Waals surface area contributed by atoms with Crippen molar-refractivity contribution in [3.8, 4) is 34.4 Å². The fourth-order valence-electron chi connectivity index (χ4n) is 5.08. The predicted octanol–water partition coefficient (Wildman–Crippen LogP) is 4.64. The highest BCUT2D eigenvalue weighted by Gasteiger charge is 2.43. The first-order valence-corrected chi connectivity index (χ1v) is 11.7. The SMILES string of the molecule is COc1cc(OC)cc(-c2nc3n(n2)[C@H](c2cccc(OC)c2OC)C2=C(CC(C)(C)CC2=O)N3)c1. The molecule has 0 saturated heterocycles. The van der Waals surface area contributed by atoms with Crippen LogP contribution in [0.3, 0.4) is 0 Å². The first kappa shape index (κ1) is 23.7. The molecule has 2 aliphatic rings. The summed E-state index contributed by atoms with van der Waals surface area (Å²) < 4.78 is 24.0. The molecule has 0 saturated carbocycles. The van der Waals surface area contributed by atoms with Gasteiger partial charge in [0.25, 0.3) is 0 Å². The summed E-state index contributed by atoms with van der Waals surface area (Å²) >= 11 is 0. The Morgan fingerprint density at radius 2 is 1.69 bits per heavy atom. The molecule has 3 aromatic rings. The Morgan fingerprint density at radius 3 is 2.33 bits per heavy atom. The van der Waals surface area contributed by atoms with Crippen molar-refractivity contribution in [2.75, 3.05) is 33.8 Å². The Morgan fingerprint density at radius 1 is 0.972 bits per heavy atom. The second kappa shape index (κ2) is 8.89. The van der Waals surface area contributed by atoms with E-state index in [0.29, 0.717) is 53.2 Å². The van der Waals surface area contributed by atoms with Crippen LogP contribution in [-0.4, -0.2) is 49.0 Å². The number of allylic oxidation sites excluding steroid dienone is 2. The molecule has 0 radical (unpaired) electrons. The largest absolute Gasteiger partial charge is 0.497 e. The average molecular weight is 491 g/mol. The maximum atomic E-state index is 13.6. The maximum Gasteiger partial charge on any atom is 0.226 e. The van der Waals surface area contributed by atoms with Crippen LogP contribution in [0.1, 0.15) is 38.3 Å². The smallest absolute Gasteiger partial charge is 0.226 e. The van der Waals surface area contributed by atoms with Gasteiger partial charge in [-0.1, -0.05) is 26.0 Å². The summed E-state index contributed by atoms with van der Waals surface area (Å²) in [5.41, 5.74) is 2.88. The molecule has 1 atom stereocenters. The van der Waals surface area contributed by atoms with E-state index in [9.17, 15) is 4.79 Å². The van der Waals surface area contributed by atoms with Gasteiger partial charge in [0.15, 0.2) is 23.1 Å². The molecule has 0 amide bonds. The molecule has 1 aromatic heterocycles. The molecule has 0 spiro atoms. The van der Waals surface area contributed by atoms with Gasteiger partial charge in [-0.15, -0.1) is 5.10 Å². The van der Waals surface area contributed by atoms with E-state index in [-0.39, 0.29) is 11.2 Å². The van der Waals surface area contributed by atoms with Crippen molar-refractivity contribution in [3.05, 3.63) is 53.2 Å². The zero-order valence-corrected chi connectivity index (χ0v) is 21.3. The minimum absolute atomic E-state index is 0.0781. The first-order valence-electron chi connectivity index (χ1n) is 11.7. The molecule has 1 aliphatic heterocycles. The Hall–Kier alpha value is -4.01. The van der Waals surface area contributed by atoms with Gasteiger partial charge in [0.1, 0.15) is 17.5 Å². The summed E-state index contributed by atoms with van der Waals surface area (Å²) in [6.45, 7) is 4.20. The number of nitrogens with one attached hydrogen (secondary N) is 1. The van der Waals surface area contributed by atoms with Gasteiger partial charge >= 0.3 is 0 Å². The van der Waals surface area contributed by atoms with Gasteiger partial charge in [0, 0.05) is 34.9 Å². The third-order valence-electron chi connectivity index (χ3n) is 6.67.